The average molecular weight is 656 g/mol. The standard InChI is InChI=1S/C34H36Cl2N2O5S/c1-42-32(41)34-18-23(34)10-6-4-2-3-5-9-22(15-21-13-14-25(35)26(36)16-21)31(40)38-20-24(17-28(38)29(39)19-34)43-33-37-27-11-7-8-12-30(27)44-33/h6-8,10-14,16,22-24,28H,2-5,9,15,17-20H2,1H3/b10-6-/t22-,23+,24-,28+,34-/m1/s1. The van der Waals surface area contributed by atoms with Crippen LogP contribution in [-0.4, -0.2) is 53.3 Å². The van der Waals surface area contributed by atoms with E-state index in [0.29, 0.717) is 40.9 Å². The van der Waals surface area contributed by atoms with Crippen molar-refractivity contribution >= 4 is 62.4 Å². The van der Waals surface area contributed by atoms with Crippen LogP contribution >= 0.6 is 34.5 Å². The third-order valence-electron chi connectivity index (χ3n) is 9.28. The van der Waals surface area contributed by atoms with Crippen LogP contribution in [0, 0.1) is 17.3 Å². The van der Waals surface area contributed by atoms with Crippen molar-refractivity contribution in [2.45, 2.75) is 69.9 Å². The van der Waals surface area contributed by atoms with Crippen molar-refractivity contribution in [1.29, 1.82) is 0 Å². The van der Waals surface area contributed by atoms with Crippen molar-refractivity contribution in [2.24, 2.45) is 17.3 Å². The zero-order valence-corrected chi connectivity index (χ0v) is 27.0. The van der Waals surface area contributed by atoms with Gasteiger partial charge in [-0.05, 0) is 67.9 Å². The lowest BCUT2D eigenvalue weighted by Crippen LogP contribution is -2.45. The number of nitrogens with zero attached hydrogens (tertiary/aromatic N) is 2. The number of hydrogen-bond donors (Lipinski definition) is 0. The van der Waals surface area contributed by atoms with Crippen LogP contribution < -0.4 is 4.74 Å². The predicted octanol–water partition coefficient (Wildman–Crippen LogP) is 7.47. The maximum absolute atomic E-state index is 14.4. The molecule has 10 heteroatoms. The third kappa shape index (κ3) is 6.53. The highest BCUT2D eigenvalue weighted by Gasteiger charge is 2.61. The van der Waals surface area contributed by atoms with Gasteiger partial charge >= 0.3 is 5.97 Å². The first kappa shape index (κ1) is 31.1. The van der Waals surface area contributed by atoms with Gasteiger partial charge in [0, 0.05) is 18.8 Å². The molecule has 1 aliphatic carbocycles. The highest BCUT2D eigenvalue weighted by Crippen LogP contribution is 2.57. The van der Waals surface area contributed by atoms with Crippen LogP contribution in [0.1, 0.15) is 56.9 Å². The largest absolute Gasteiger partial charge is 0.469 e. The summed E-state index contributed by atoms with van der Waals surface area (Å²) < 4.78 is 12.5. The molecule has 2 aliphatic heterocycles. The molecule has 1 amide bonds. The number of carbonyl (C=O) groups excluding carboxylic acids is 3. The molecule has 1 saturated carbocycles. The molecule has 1 saturated heterocycles. The molecule has 232 valence electrons. The van der Waals surface area contributed by atoms with Crippen molar-refractivity contribution in [2.75, 3.05) is 13.7 Å². The van der Waals surface area contributed by atoms with E-state index in [2.05, 4.69) is 17.1 Å². The van der Waals surface area contributed by atoms with Gasteiger partial charge in [-0.2, -0.15) is 0 Å². The summed E-state index contributed by atoms with van der Waals surface area (Å²) in [5, 5.41) is 1.44. The molecular weight excluding hydrogens is 619 g/mol. The average Bonchev–Trinajstić information content (AvgIpc) is 3.32. The van der Waals surface area contributed by atoms with Crippen LogP contribution in [0.2, 0.25) is 10.0 Å². The van der Waals surface area contributed by atoms with Crippen molar-refractivity contribution in [1.82, 2.24) is 9.88 Å². The lowest BCUT2D eigenvalue weighted by Gasteiger charge is -2.29. The van der Waals surface area contributed by atoms with Gasteiger partial charge in [-0.25, -0.2) is 4.98 Å². The van der Waals surface area contributed by atoms with E-state index in [4.69, 9.17) is 32.7 Å². The topological polar surface area (TPSA) is 85.8 Å². The van der Waals surface area contributed by atoms with Gasteiger partial charge in [-0.15, -0.1) is 0 Å². The van der Waals surface area contributed by atoms with Gasteiger partial charge in [0.05, 0.1) is 45.4 Å². The minimum Gasteiger partial charge on any atom is -0.469 e. The second-order valence-corrected chi connectivity index (χ2v) is 14.1. The van der Waals surface area contributed by atoms with Crippen LogP contribution in [0.3, 0.4) is 0 Å². The summed E-state index contributed by atoms with van der Waals surface area (Å²) in [5.74, 6) is -0.935. The normalized spacial score (nSPS) is 28.5. The summed E-state index contributed by atoms with van der Waals surface area (Å²) in [7, 11) is 1.37. The molecule has 7 nitrogen and oxygen atoms in total. The molecule has 6 rings (SSSR count). The van der Waals surface area contributed by atoms with Crippen molar-refractivity contribution in [3.05, 3.63) is 70.2 Å². The Kier molecular flexibility index (Phi) is 9.31. The van der Waals surface area contributed by atoms with Gasteiger partial charge in [0.15, 0.2) is 5.78 Å². The molecule has 0 radical (unpaired) electrons. The second kappa shape index (κ2) is 13.2. The van der Waals surface area contributed by atoms with Gasteiger partial charge in [-0.3, -0.25) is 14.4 Å². The molecule has 0 spiro atoms. The minimum atomic E-state index is -0.872. The number of ether oxygens (including phenoxy) is 2. The number of Topliss-reactive ketones (excluding diaryl/α,β-unsaturated/α-hetero) is 1. The number of benzene rings is 2. The van der Waals surface area contributed by atoms with E-state index in [-0.39, 0.29) is 42.5 Å². The zero-order valence-electron chi connectivity index (χ0n) is 24.7. The van der Waals surface area contributed by atoms with Crippen LogP contribution in [-0.2, 0) is 25.5 Å². The Labute approximate surface area is 271 Å². The molecule has 3 aliphatic rings. The van der Waals surface area contributed by atoms with Crippen LogP contribution in [0.4, 0.5) is 0 Å². The number of amides is 1. The Bertz CT molecular complexity index is 1560. The molecule has 2 aromatic carbocycles. The van der Waals surface area contributed by atoms with Gasteiger partial charge < -0.3 is 14.4 Å². The number of esters is 1. The summed E-state index contributed by atoms with van der Waals surface area (Å²) >= 11 is 13.9. The molecule has 44 heavy (non-hydrogen) atoms. The number of methoxy groups -OCH3 is 1. The molecule has 0 unspecified atom stereocenters. The molecular formula is C34H36Cl2N2O5S. The van der Waals surface area contributed by atoms with Crippen LogP contribution in [0.15, 0.2) is 54.6 Å². The number of ketones is 1. The number of carbonyl (C=O) groups is 3. The lowest BCUT2D eigenvalue weighted by atomic mass is 9.90. The van der Waals surface area contributed by atoms with Gasteiger partial charge in [0.1, 0.15) is 6.10 Å². The Morgan fingerprint density at radius 1 is 1.11 bits per heavy atom. The Hall–Kier alpha value is -2.94. The summed E-state index contributed by atoms with van der Waals surface area (Å²) in [6, 6.07) is 12.6. The van der Waals surface area contributed by atoms with E-state index in [1.54, 1.807) is 11.0 Å². The monoisotopic (exact) mass is 654 g/mol. The molecule has 2 fully saturated rings. The van der Waals surface area contributed by atoms with E-state index in [0.717, 1.165) is 41.5 Å². The first-order valence-corrected chi connectivity index (χ1v) is 16.9. The summed E-state index contributed by atoms with van der Waals surface area (Å²) in [6.45, 7) is 0.275. The molecule has 0 bridgehead atoms. The summed E-state index contributed by atoms with van der Waals surface area (Å²) in [5.41, 5.74) is 0.901. The fourth-order valence-corrected chi connectivity index (χ4v) is 7.99. The van der Waals surface area contributed by atoms with Crippen molar-refractivity contribution < 1.29 is 23.9 Å². The second-order valence-electron chi connectivity index (χ2n) is 12.2. The molecule has 3 aromatic rings. The molecule has 5 atom stereocenters. The van der Waals surface area contributed by atoms with Gasteiger partial charge in [-0.1, -0.05) is 77.7 Å². The van der Waals surface area contributed by atoms with E-state index >= 15 is 0 Å². The number of hydrogen-bond acceptors (Lipinski definition) is 7. The number of aromatic nitrogens is 1. The van der Waals surface area contributed by atoms with E-state index in [9.17, 15) is 14.4 Å². The maximum Gasteiger partial charge on any atom is 0.312 e. The molecule has 3 heterocycles. The Balaban J connectivity index is 1.30. The highest BCUT2D eigenvalue weighted by molar-refractivity contribution is 7.20. The fourth-order valence-electron chi connectivity index (χ4n) is 6.79. The zero-order chi connectivity index (χ0) is 30.8. The highest BCUT2D eigenvalue weighted by atomic mass is 35.5. The smallest absolute Gasteiger partial charge is 0.312 e. The van der Waals surface area contributed by atoms with E-state index in [1.807, 2.05) is 36.4 Å². The molecule has 1 aromatic heterocycles. The van der Waals surface area contributed by atoms with E-state index in [1.165, 1.54) is 18.4 Å². The van der Waals surface area contributed by atoms with E-state index < -0.39 is 17.6 Å². The first-order chi connectivity index (χ1) is 21.3. The number of rotatable bonds is 5. The Morgan fingerprint density at radius 2 is 1.95 bits per heavy atom. The van der Waals surface area contributed by atoms with Gasteiger partial charge in [0.25, 0.3) is 5.19 Å². The third-order valence-corrected chi connectivity index (χ3v) is 10.9. The number of fused-ring (bicyclic) bond motifs is 3. The van der Waals surface area contributed by atoms with Crippen molar-refractivity contribution in [3.63, 3.8) is 0 Å². The Morgan fingerprint density at radius 3 is 2.75 bits per heavy atom. The van der Waals surface area contributed by atoms with Crippen molar-refractivity contribution in [3.8, 4) is 5.19 Å². The predicted molar refractivity (Wildman–Crippen MR) is 172 cm³/mol. The summed E-state index contributed by atoms with van der Waals surface area (Å²) in [4.78, 5) is 47.8. The SMILES string of the molecule is COC(=O)[C@]12CC(=O)[C@@H]3C[C@@H](Oc4nc5ccccc5s4)CN3C(=O)[C@@H](Cc3ccc(Cl)c(Cl)c3)CCCCC/C=C\[C@H]1C2. The lowest BCUT2D eigenvalue weighted by molar-refractivity contribution is -0.150. The summed E-state index contributed by atoms with van der Waals surface area (Å²) in [6.07, 6.45) is 9.70. The minimum absolute atomic E-state index is 0.0354. The number of thiazole rings is 1. The van der Waals surface area contributed by atoms with Crippen LogP contribution in [0.5, 0.6) is 5.19 Å². The van der Waals surface area contributed by atoms with Crippen LogP contribution in [0.25, 0.3) is 10.2 Å². The number of halogens is 2. The quantitative estimate of drug-likeness (QED) is 0.210. The number of para-hydroxylation sites is 1. The maximum atomic E-state index is 14.4. The first-order valence-electron chi connectivity index (χ1n) is 15.3. The number of allylic oxidation sites excluding steroid dienone is 2. The van der Waals surface area contributed by atoms with Gasteiger partial charge in [0.2, 0.25) is 5.91 Å². The molecule has 0 N–H and O–H groups in total. The fraction of sp³-hybridized carbons (Fsp3) is 0.471.